The summed E-state index contributed by atoms with van der Waals surface area (Å²) in [6, 6.07) is -0.461. The van der Waals surface area contributed by atoms with Crippen LogP contribution in [0.25, 0.3) is 0 Å². The van der Waals surface area contributed by atoms with Crippen molar-refractivity contribution >= 4 is 6.09 Å². The van der Waals surface area contributed by atoms with Gasteiger partial charge in [-0.1, -0.05) is 0 Å². The highest BCUT2D eigenvalue weighted by atomic mass is 16.5. The van der Waals surface area contributed by atoms with E-state index in [0.717, 1.165) is 0 Å². The van der Waals surface area contributed by atoms with E-state index in [-0.39, 0.29) is 6.10 Å². The molecule has 0 saturated carbocycles. The highest BCUT2D eigenvalue weighted by Crippen LogP contribution is 2.03. The smallest absolute Gasteiger partial charge is 0.407 e. The van der Waals surface area contributed by atoms with Gasteiger partial charge in [-0.3, -0.25) is 0 Å². The second kappa shape index (κ2) is 5.77. The Morgan fingerprint density at radius 3 is 2.23 bits per heavy atom. The lowest BCUT2D eigenvalue weighted by Gasteiger charge is -2.25. The molecule has 1 amide bonds. The number of nitrogens with one attached hydrogen (secondary N) is 1. The van der Waals surface area contributed by atoms with E-state index in [2.05, 4.69) is 10.1 Å². The van der Waals surface area contributed by atoms with Gasteiger partial charge >= 0.3 is 6.09 Å². The maximum absolute atomic E-state index is 10.8. The Hall–Kier alpha value is -0.810. The fraction of sp³-hybridized carbons (Fsp3) is 0.875. The van der Waals surface area contributed by atoms with E-state index >= 15 is 0 Å². The number of methoxy groups -OCH3 is 2. The van der Waals surface area contributed by atoms with Crippen LogP contribution in [0.15, 0.2) is 0 Å². The summed E-state index contributed by atoms with van der Waals surface area (Å²) in [5.74, 6) is 0. The maximum atomic E-state index is 10.8. The average Bonchev–Trinajstić information content (AvgIpc) is 2.11. The van der Waals surface area contributed by atoms with E-state index in [4.69, 9.17) is 4.74 Å². The van der Waals surface area contributed by atoms with Crippen LogP contribution in [-0.4, -0.2) is 43.7 Å². The van der Waals surface area contributed by atoms with E-state index in [1.54, 1.807) is 13.8 Å². The molecule has 0 aliphatic carbocycles. The Morgan fingerprint density at radius 2 is 1.92 bits per heavy atom. The molecule has 3 atom stereocenters. The molecule has 0 rings (SSSR count). The fourth-order valence-corrected chi connectivity index (χ4v) is 0.972. The molecule has 0 heterocycles. The molecule has 0 aromatic heterocycles. The molecule has 0 bridgehead atoms. The predicted molar refractivity (Wildman–Crippen MR) is 47.5 cm³/mol. The summed E-state index contributed by atoms with van der Waals surface area (Å²) in [6.07, 6.45) is -1.53. The number of ether oxygens (including phenoxy) is 2. The van der Waals surface area contributed by atoms with Gasteiger partial charge in [-0.15, -0.1) is 0 Å². The lowest BCUT2D eigenvalue weighted by molar-refractivity contribution is 0.0258. The molecular formula is C8H17NO4. The number of aliphatic hydroxyl groups excluding tert-OH is 1. The van der Waals surface area contributed by atoms with Crippen molar-refractivity contribution in [3.8, 4) is 0 Å². The molecule has 13 heavy (non-hydrogen) atoms. The van der Waals surface area contributed by atoms with E-state index < -0.39 is 18.2 Å². The predicted octanol–water partition coefficient (Wildman–Crippen LogP) is 0.127. The lowest BCUT2D eigenvalue weighted by atomic mass is 10.1. The topological polar surface area (TPSA) is 67.8 Å². The summed E-state index contributed by atoms with van der Waals surface area (Å²) in [5.41, 5.74) is 0. The minimum atomic E-state index is -0.686. The summed E-state index contributed by atoms with van der Waals surface area (Å²) in [4.78, 5) is 10.8. The molecule has 2 N–H and O–H groups in total. The zero-order chi connectivity index (χ0) is 10.4. The van der Waals surface area contributed by atoms with Crippen LogP contribution in [-0.2, 0) is 9.47 Å². The van der Waals surface area contributed by atoms with Crippen molar-refractivity contribution in [2.75, 3.05) is 14.2 Å². The monoisotopic (exact) mass is 191 g/mol. The SMILES string of the molecule is COC(=O)NC(C(C)O)C(C)OC. The Labute approximate surface area is 78.0 Å². The third-order valence-electron chi connectivity index (χ3n) is 1.87. The standard InChI is InChI=1S/C8H17NO4/c1-5(10)7(6(2)12-3)9-8(11)13-4/h5-7,10H,1-4H3,(H,9,11). The van der Waals surface area contributed by atoms with Crippen LogP contribution in [0.3, 0.4) is 0 Å². The van der Waals surface area contributed by atoms with E-state index in [0.29, 0.717) is 0 Å². The fourth-order valence-electron chi connectivity index (χ4n) is 0.972. The van der Waals surface area contributed by atoms with E-state index in [1.165, 1.54) is 14.2 Å². The van der Waals surface area contributed by atoms with Crippen molar-refractivity contribution in [2.24, 2.45) is 0 Å². The third kappa shape index (κ3) is 4.10. The molecular weight excluding hydrogens is 174 g/mol. The molecule has 0 spiro atoms. The second-order valence-electron chi connectivity index (χ2n) is 2.84. The van der Waals surface area contributed by atoms with Gasteiger partial charge in [-0.25, -0.2) is 4.79 Å². The molecule has 0 aliphatic rings. The van der Waals surface area contributed by atoms with Gasteiger partial charge in [-0.2, -0.15) is 0 Å². The highest BCUT2D eigenvalue weighted by Gasteiger charge is 2.24. The molecule has 5 nitrogen and oxygen atoms in total. The van der Waals surface area contributed by atoms with Gasteiger partial charge in [0, 0.05) is 7.11 Å². The van der Waals surface area contributed by atoms with Crippen LogP contribution in [0.5, 0.6) is 0 Å². The van der Waals surface area contributed by atoms with Gasteiger partial charge in [0.1, 0.15) is 0 Å². The molecule has 0 aromatic carbocycles. The Bertz CT molecular complexity index is 160. The summed E-state index contributed by atoms with van der Waals surface area (Å²) < 4.78 is 9.40. The average molecular weight is 191 g/mol. The zero-order valence-electron chi connectivity index (χ0n) is 8.40. The van der Waals surface area contributed by atoms with E-state index in [9.17, 15) is 9.90 Å². The molecule has 0 fully saturated rings. The third-order valence-corrected chi connectivity index (χ3v) is 1.87. The van der Waals surface area contributed by atoms with Crippen LogP contribution in [0.4, 0.5) is 4.79 Å². The van der Waals surface area contributed by atoms with Crippen molar-refractivity contribution in [1.82, 2.24) is 5.32 Å². The summed E-state index contributed by atoms with van der Waals surface area (Å²) in [6.45, 7) is 3.34. The first kappa shape index (κ1) is 12.2. The molecule has 3 unspecified atom stereocenters. The number of alkyl carbamates (subject to hydrolysis) is 1. The molecule has 78 valence electrons. The maximum Gasteiger partial charge on any atom is 0.407 e. The summed E-state index contributed by atoms with van der Waals surface area (Å²) in [7, 11) is 2.78. The van der Waals surface area contributed by atoms with E-state index in [1.807, 2.05) is 0 Å². The second-order valence-corrected chi connectivity index (χ2v) is 2.84. The first-order valence-corrected chi connectivity index (χ1v) is 4.08. The van der Waals surface area contributed by atoms with Gasteiger partial charge in [0.25, 0.3) is 0 Å². The van der Waals surface area contributed by atoms with Crippen LogP contribution >= 0.6 is 0 Å². The first-order valence-electron chi connectivity index (χ1n) is 4.08. The van der Waals surface area contributed by atoms with Crippen LogP contribution in [0.2, 0.25) is 0 Å². The largest absolute Gasteiger partial charge is 0.453 e. The number of aliphatic hydroxyl groups is 1. The van der Waals surface area contributed by atoms with Crippen LogP contribution < -0.4 is 5.32 Å². The Kier molecular flexibility index (Phi) is 5.41. The Balaban J connectivity index is 4.17. The number of amides is 1. The van der Waals surface area contributed by atoms with Crippen molar-refractivity contribution in [2.45, 2.75) is 32.1 Å². The van der Waals surface area contributed by atoms with Crippen molar-refractivity contribution in [1.29, 1.82) is 0 Å². The van der Waals surface area contributed by atoms with Crippen molar-refractivity contribution < 1.29 is 19.4 Å². The van der Waals surface area contributed by atoms with Crippen molar-refractivity contribution in [3.05, 3.63) is 0 Å². The number of rotatable bonds is 4. The molecule has 0 aliphatic heterocycles. The molecule has 0 radical (unpaired) electrons. The number of hydrogen-bond donors (Lipinski definition) is 2. The van der Waals surface area contributed by atoms with Crippen molar-refractivity contribution in [3.63, 3.8) is 0 Å². The quantitative estimate of drug-likeness (QED) is 0.662. The van der Waals surface area contributed by atoms with Gasteiger partial charge < -0.3 is 19.9 Å². The number of carbonyl (C=O) groups is 1. The normalized spacial score (nSPS) is 17.3. The molecule has 0 saturated heterocycles. The molecule has 0 aromatic rings. The summed E-state index contributed by atoms with van der Waals surface area (Å²) in [5, 5.41) is 11.8. The highest BCUT2D eigenvalue weighted by molar-refractivity contribution is 5.67. The summed E-state index contributed by atoms with van der Waals surface area (Å²) >= 11 is 0. The minimum absolute atomic E-state index is 0.265. The number of carbonyl (C=O) groups excluding carboxylic acids is 1. The van der Waals surface area contributed by atoms with Crippen LogP contribution in [0.1, 0.15) is 13.8 Å². The molecule has 5 heteroatoms. The lowest BCUT2D eigenvalue weighted by Crippen LogP contribution is -2.49. The Morgan fingerprint density at radius 1 is 1.38 bits per heavy atom. The van der Waals surface area contributed by atoms with Gasteiger partial charge in [0.15, 0.2) is 0 Å². The first-order chi connectivity index (χ1) is 6.02. The van der Waals surface area contributed by atoms with Gasteiger partial charge in [0.2, 0.25) is 0 Å². The van der Waals surface area contributed by atoms with Gasteiger partial charge in [0.05, 0.1) is 25.4 Å². The minimum Gasteiger partial charge on any atom is -0.453 e. The van der Waals surface area contributed by atoms with Crippen LogP contribution in [0, 0.1) is 0 Å². The zero-order valence-corrected chi connectivity index (χ0v) is 8.40. The number of hydrogen-bond acceptors (Lipinski definition) is 4. The van der Waals surface area contributed by atoms with Gasteiger partial charge in [-0.05, 0) is 13.8 Å².